The van der Waals surface area contributed by atoms with Crippen LogP contribution in [0.2, 0.25) is 10.0 Å². The number of aromatic nitrogens is 1. The van der Waals surface area contributed by atoms with E-state index in [1.54, 1.807) is 20.3 Å². The van der Waals surface area contributed by atoms with Crippen LogP contribution >= 0.6 is 23.2 Å². The van der Waals surface area contributed by atoms with Crippen molar-refractivity contribution in [3.05, 3.63) is 51.8 Å². The van der Waals surface area contributed by atoms with Gasteiger partial charge in [0.2, 0.25) is 12.4 Å². The van der Waals surface area contributed by atoms with E-state index >= 15 is 0 Å². The van der Waals surface area contributed by atoms with Gasteiger partial charge in [-0.25, -0.2) is 0 Å². The maximum absolute atomic E-state index is 12.0. The lowest BCUT2D eigenvalue weighted by atomic mass is 9.92. The number of piperidine rings is 1. The normalized spacial score (nSPS) is 18.1. The predicted octanol–water partition coefficient (Wildman–Crippen LogP) is 3.76. The minimum atomic E-state index is -0.848. The fourth-order valence-corrected chi connectivity index (χ4v) is 4.61. The van der Waals surface area contributed by atoms with Crippen LogP contribution in [0.25, 0.3) is 0 Å². The summed E-state index contributed by atoms with van der Waals surface area (Å²) in [6.45, 7) is 0.637. The Hall–Kier alpha value is -2.22. The number of hydrogen-bond acceptors (Lipinski definition) is 5. The molecule has 1 aliphatic rings. The van der Waals surface area contributed by atoms with E-state index in [1.807, 2.05) is 17.0 Å². The van der Waals surface area contributed by atoms with E-state index in [1.165, 1.54) is 12.4 Å². The van der Waals surface area contributed by atoms with Gasteiger partial charge in [0.25, 0.3) is 0 Å². The zero-order valence-electron chi connectivity index (χ0n) is 16.8. The lowest BCUT2D eigenvalue weighted by Gasteiger charge is -2.39. The topological polar surface area (TPSA) is 83.1 Å². The SMILES string of the molecule is COc1ccc([C@H](Cc2c(Cl)c[n+](O)cc2Cl)N2CCCC[C@H]2C(=O)O)cc1OC. The number of rotatable bonds is 7. The van der Waals surface area contributed by atoms with Gasteiger partial charge >= 0.3 is 5.97 Å². The quantitative estimate of drug-likeness (QED) is 0.488. The molecule has 0 unspecified atom stereocenters. The lowest BCUT2D eigenvalue weighted by Crippen LogP contribution is -2.47. The minimum Gasteiger partial charge on any atom is -0.493 e. The van der Waals surface area contributed by atoms with Gasteiger partial charge in [-0.2, -0.15) is 0 Å². The smallest absolute Gasteiger partial charge is 0.320 e. The summed E-state index contributed by atoms with van der Waals surface area (Å²) in [5, 5.41) is 20.1. The monoisotopic (exact) mass is 455 g/mol. The van der Waals surface area contributed by atoms with Gasteiger partial charge in [0.1, 0.15) is 16.1 Å². The first kappa shape index (κ1) is 22.5. The fraction of sp³-hybridized carbons (Fsp3) is 0.429. The molecule has 7 nitrogen and oxygen atoms in total. The second-order valence-corrected chi connectivity index (χ2v) is 8.05. The van der Waals surface area contributed by atoms with Gasteiger partial charge in [0.15, 0.2) is 11.5 Å². The molecule has 3 rings (SSSR count). The van der Waals surface area contributed by atoms with Crippen LogP contribution in [0.1, 0.15) is 36.4 Å². The van der Waals surface area contributed by atoms with E-state index in [0.29, 0.717) is 46.5 Å². The Morgan fingerprint density at radius 3 is 2.47 bits per heavy atom. The maximum atomic E-state index is 12.0. The average Bonchev–Trinajstić information content (AvgIpc) is 2.72. The van der Waals surface area contributed by atoms with Crippen molar-refractivity contribution in [1.82, 2.24) is 4.90 Å². The molecule has 1 aromatic heterocycles. The van der Waals surface area contributed by atoms with Gasteiger partial charge < -0.3 is 14.6 Å². The lowest BCUT2D eigenvalue weighted by molar-refractivity contribution is -0.904. The molecule has 30 heavy (non-hydrogen) atoms. The number of nitrogens with zero attached hydrogens (tertiary/aromatic N) is 2. The van der Waals surface area contributed by atoms with Gasteiger partial charge in [-0.3, -0.25) is 14.9 Å². The number of carboxylic acid groups (broad SMARTS) is 1. The summed E-state index contributed by atoms with van der Waals surface area (Å²) in [4.78, 5) is 14.0. The number of pyridine rings is 1. The summed E-state index contributed by atoms with van der Waals surface area (Å²) in [5.74, 6) is 0.298. The summed E-state index contributed by atoms with van der Waals surface area (Å²) in [7, 11) is 3.12. The number of ether oxygens (including phenoxy) is 2. The van der Waals surface area contributed by atoms with Crippen LogP contribution in [0.5, 0.6) is 11.5 Å². The molecule has 1 saturated heterocycles. The van der Waals surface area contributed by atoms with Gasteiger partial charge in [-0.05, 0) is 43.5 Å². The van der Waals surface area contributed by atoms with E-state index in [0.717, 1.165) is 23.1 Å². The number of hydrogen-bond donors (Lipinski definition) is 2. The van der Waals surface area contributed by atoms with E-state index < -0.39 is 12.0 Å². The molecule has 162 valence electrons. The summed E-state index contributed by atoms with van der Waals surface area (Å²) >= 11 is 12.7. The molecule has 2 atom stereocenters. The second kappa shape index (κ2) is 9.73. The van der Waals surface area contributed by atoms with Crippen molar-refractivity contribution in [2.24, 2.45) is 0 Å². The number of carboxylic acids is 1. The molecule has 9 heteroatoms. The molecule has 0 bridgehead atoms. The zero-order chi connectivity index (χ0) is 21.8. The molecule has 1 aliphatic heterocycles. The molecule has 0 amide bonds. The third kappa shape index (κ3) is 4.74. The van der Waals surface area contributed by atoms with Crippen LogP contribution in [0.15, 0.2) is 30.6 Å². The Kier molecular flexibility index (Phi) is 7.28. The van der Waals surface area contributed by atoms with Crippen molar-refractivity contribution >= 4 is 29.2 Å². The first-order chi connectivity index (χ1) is 14.3. The van der Waals surface area contributed by atoms with Crippen LogP contribution in [0.3, 0.4) is 0 Å². The molecule has 0 radical (unpaired) electrons. The molecule has 1 fully saturated rings. The van der Waals surface area contributed by atoms with Crippen molar-refractivity contribution in [2.45, 2.75) is 37.8 Å². The number of likely N-dealkylation sites (tertiary alicyclic amines) is 1. The highest BCUT2D eigenvalue weighted by Gasteiger charge is 2.35. The van der Waals surface area contributed by atoms with E-state index in [4.69, 9.17) is 32.7 Å². The van der Waals surface area contributed by atoms with Crippen LogP contribution < -0.4 is 14.2 Å². The van der Waals surface area contributed by atoms with Gasteiger partial charge in [-0.1, -0.05) is 35.7 Å². The Morgan fingerprint density at radius 2 is 1.87 bits per heavy atom. The van der Waals surface area contributed by atoms with Crippen molar-refractivity contribution in [3.63, 3.8) is 0 Å². The highest BCUT2D eigenvalue weighted by Crippen LogP contribution is 2.38. The molecule has 0 saturated carbocycles. The Balaban J connectivity index is 2.08. The van der Waals surface area contributed by atoms with Crippen molar-refractivity contribution in [1.29, 1.82) is 0 Å². The Morgan fingerprint density at radius 1 is 1.20 bits per heavy atom. The van der Waals surface area contributed by atoms with Gasteiger partial charge in [0.05, 0.1) is 14.2 Å². The summed E-state index contributed by atoms with van der Waals surface area (Å²) in [6.07, 6.45) is 5.44. The van der Waals surface area contributed by atoms with Crippen molar-refractivity contribution in [3.8, 4) is 11.5 Å². The average molecular weight is 456 g/mol. The number of aliphatic carboxylic acids is 1. The molecule has 0 aliphatic carbocycles. The third-order valence-corrected chi connectivity index (χ3v) is 6.14. The fourth-order valence-electron chi connectivity index (χ4n) is 4.01. The van der Waals surface area contributed by atoms with Gasteiger partial charge in [0, 0.05) is 16.3 Å². The zero-order valence-corrected chi connectivity index (χ0v) is 18.4. The summed E-state index contributed by atoms with van der Waals surface area (Å²) < 4.78 is 11.6. The molecule has 2 heterocycles. The van der Waals surface area contributed by atoms with Crippen molar-refractivity contribution < 1.29 is 29.3 Å². The van der Waals surface area contributed by atoms with Crippen LogP contribution in [0.4, 0.5) is 0 Å². The summed E-state index contributed by atoms with van der Waals surface area (Å²) in [5.41, 5.74) is 1.51. The summed E-state index contributed by atoms with van der Waals surface area (Å²) in [6, 6.07) is 4.64. The molecule has 2 aromatic rings. The maximum Gasteiger partial charge on any atom is 0.320 e. The van der Waals surface area contributed by atoms with E-state index in [-0.39, 0.29) is 6.04 Å². The Labute approximate surface area is 185 Å². The first-order valence-corrected chi connectivity index (χ1v) is 10.4. The minimum absolute atomic E-state index is 0.305. The molecule has 0 spiro atoms. The van der Waals surface area contributed by atoms with Crippen LogP contribution in [0, 0.1) is 0 Å². The number of halogens is 2. The predicted molar refractivity (Wildman–Crippen MR) is 112 cm³/mol. The first-order valence-electron chi connectivity index (χ1n) is 9.64. The highest BCUT2D eigenvalue weighted by molar-refractivity contribution is 6.35. The van der Waals surface area contributed by atoms with E-state index in [2.05, 4.69) is 0 Å². The molecular formula is C21H25Cl2N2O5+. The third-order valence-electron chi connectivity index (χ3n) is 5.49. The Bertz CT molecular complexity index is 901. The largest absolute Gasteiger partial charge is 0.493 e. The highest BCUT2D eigenvalue weighted by atomic mass is 35.5. The number of methoxy groups -OCH3 is 2. The second-order valence-electron chi connectivity index (χ2n) is 7.23. The number of benzene rings is 1. The van der Waals surface area contributed by atoms with Crippen LogP contribution in [-0.2, 0) is 11.2 Å². The molecule has 2 N–H and O–H groups in total. The standard InChI is InChI=1S/C21H24Cl2N2O5/c1-29-19-7-6-13(9-20(19)30-2)18(25-8-4-3-5-17(25)21(26)27)10-14-15(22)11-24(28)12-16(14)23/h6-7,9,11-12,17-18H,3-5,8,10H2,1-2H3,(H-,26,27,28)/p+1/t17-,18-/m0/s1. The number of carbonyl (C=O) groups is 1. The van der Waals surface area contributed by atoms with Crippen LogP contribution in [-0.4, -0.2) is 48.0 Å². The van der Waals surface area contributed by atoms with Crippen molar-refractivity contribution in [2.75, 3.05) is 20.8 Å². The van der Waals surface area contributed by atoms with E-state index in [9.17, 15) is 15.1 Å². The molecular weight excluding hydrogens is 431 g/mol. The van der Waals surface area contributed by atoms with Gasteiger partial charge in [-0.15, -0.1) is 0 Å². The molecule has 1 aromatic carbocycles.